The third kappa shape index (κ3) is 1.94. The van der Waals surface area contributed by atoms with Crippen molar-refractivity contribution in [2.45, 2.75) is 13.5 Å². The number of aliphatic carboxylic acids is 1. The highest BCUT2D eigenvalue weighted by molar-refractivity contribution is 6.29. The first-order valence-corrected chi connectivity index (χ1v) is 3.76. The smallest absolute Gasteiger partial charge is 0.308 e. The number of aromatic nitrogens is 3. The van der Waals surface area contributed by atoms with Crippen LogP contribution in [0, 0.1) is 5.92 Å². The lowest BCUT2D eigenvalue weighted by atomic mass is 10.2. The van der Waals surface area contributed by atoms with Crippen molar-refractivity contribution in [3.05, 3.63) is 11.3 Å². The largest absolute Gasteiger partial charge is 0.481 e. The fourth-order valence-corrected chi connectivity index (χ4v) is 0.853. The van der Waals surface area contributed by atoms with Gasteiger partial charge in [0.15, 0.2) is 0 Å². The number of carbonyl (C=O) groups is 1. The van der Waals surface area contributed by atoms with Gasteiger partial charge in [-0.3, -0.25) is 4.79 Å². The second-order valence-electron chi connectivity index (χ2n) is 2.48. The lowest BCUT2D eigenvalue weighted by Gasteiger charge is -2.05. The molecule has 0 aromatic carbocycles. The molecule has 0 fully saturated rings. The van der Waals surface area contributed by atoms with Crippen molar-refractivity contribution in [3.63, 3.8) is 0 Å². The summed E-state index contributed by atoms with van der Waals surface area (Å²) in [5.74, 6) is -1.38. The number of halogens is 1. The van der Waals surface area contributed by atoms with E-state index in [9.17, 15) is 4.79 Å². The van der Waals surface area contributed by atoms with Crippen LogP contribution in [0.3, 0.4) is 0 Å². The van der Waals surface area contributed by atoms with Crippen LogP contribution in [0.4, 0.5) is 0 Å². The summed E-state index contributed by atoms with van der Waals surface area (Å²) in [6, 6.07) is 0. The molecule has 0 aliphatic rings. The van der Waals surface area contributed by atoms with Crippen LogP contribution in [0.5, 0.6) is 0 Å². The van der Waals surface area contributed by atoms with Gasteiger partial charge in [0, 0.05) is 0 Å². The van der Waals surface area contributed by atoms with Crippen molar-refractivity contribution >= 4 is 17.6 Å². The molecule has 1 rings (SSSR count). The third-order valence-electron chi connectivity index (χ3n) is 1.44. The topological polar surface area (TPSA) is 68.0 Å². The highest BCUT2D eigenvalue weighted by atomic mass is 35.5. The molecule has 5 nitrogen and oxygen atoms in total. The van der Waals surface area contributed by atoms with Gasteiger partial charge in [-0.15, -0.1) is 5.10 Å². The molecule has 0 aliphatic carbocycles. The summed E-state index contributed by atoms with van der Waals surface area (Å²) in [7, 11) is 0. The SMILES string of the molecule is CC(Cn1nncc1Cl)C(=O)O. The van der Waals surface area contributed by atoms with Gasteiger partial charge >= 0.3 is 5.97 Å². The first-order valence-electron chi connectivity index (χ1n) is 3.38. The Kier molecular flexibility index (Phi) is 2.65. The number of rotatable bonds is 3. The van der Waals surface area contributed by atoms with Crippen LogP contribution in [0.25, 0.3) is 0 Å². The highest BCUT2D eigenvalue weighted by Crippen LogP contribution is 2.07. The van der Waals surface area contributed by atoms with E-state index in [0.29, 0.717) is 5.15 Å². The summed E-state index contributed by atoms with van der Waals surface area (Å²) in [5.41, 5.74) is 0. The van der Waals surface area contributed by atoms with E-state index in [0.717, 1.165) is 0 Å². The van der Waals surface area contributed by atoms with Crippen molar-refractivity contribution < 1.29 is 9.90 Å². The predicted molar refractivity (Wildman–Crippen MR) is 41.8 cm³/mol. The maximum absolute atomic E-state index is 10.4. The van der Waals surface area contributed by atoms with Crippen LogP contribution in [0.1, 0.15) is 6.92 Å². The van der Waals surface area contributed by atoms with Gasteiger partial charge in [-0.1, -0.05) is 23.7 Å². The molecular formula is C6H8ClN3O2. The quantitative estimate of drug-likeness (QED) is 0.758. The first-order chi connectivity index (χ1) is 5.61. The van der Waals surface area contributed by atoms with Crippen molar-refractivity contribution in [1.82, 2.24) is 15.0 Å². The van der Waals surface area contributed by atoms with E-state index in [1.165, 1.54) is 10.9 Å². The molecule has 1 N–H and O–H groups in total. The van der Waals surface area contributed by atoms with Crippen LogP contribution < -0.4 is 0 Å². The normalized spacial score (nSPS) is 12.8. The molecule has 66 valence electrons. The Bertz CT molecular complexity index is 286. The molecular weight excluding hydrogens is 182 g/mol. The lowest BCUT2D eigenvalue weighted by molar-refractivity contribution is -0.141. The predicted octanol–water partition coefficient (Wildman–Crippen LogP) is 0.652. The molecule has 0 amide bonds. The van der Waals surface area contributed by atoms with E-state index in [4.69, 9.17) is 16.7 Å². The standard InChI is InChI=1S/C6H8ClN3O2/c1-4(6(11)12)3-10-5(7)2-8-9-10/h2,4H,3H2,1H3,(H,11,12). The number of hydrogen-bond donors (Lipinski definition) is 1. The fraction of sp³-hybridized carbons (Fsp3) is 0.500. The summed E-state index contributed by atoms with van der Waals surface area (Å²) in [4.78, 5) is 10.4. The Hall–Kier alpha value is -1.10. The molecule has 0 aliphatic heterocycles. The Labute approximate surface area is 73.9 Å². The van der Waals surface area contributed by atoms with Gasteiger partial charge in [0.2, 0.25) is 0 Å². The third-order valence-corrected chi connectivity index (χ3v) is 1.73. The molecule has 0 spiro atoms. The van der Waals surface area contributed by atoms with Crippen LogP contribution in [0.2, 0.25) is 5.15 Å². The minimum Gasteiger partial charge on any atom is -0.481 e. The fourth-order valence-electron chi connectivity index (χ4n) is 0.706. The zero-order chi connectivity index (χ0) is 9.14. The van der Waals surface area contributed by atoms with Crippen molar-refractivity contribution in [2.24, 2.45) is 5.92 Å². The van der Waals surface area contributed by atoms with E-state index in [2.05, 4.69) is 10.3 Å². The highest BCUT2D eigenvalue weighted by Gasteiger charge is 2.13. The number of carboxylic acids is 1. The number of hydrogen-bond acceptors (Lipinski definition) is 3. The second kappa shape index (κ2) is 3.53. The zero-order valence-electron chi connectivity index (χ0n) is 6.44. The molecule has 6 heteroatoms. The van der Waals surface area contributed by atoms with Gasteiger partial charge in [0.05, 0.1) is 18.7 Å². The van der Waals surface area contributed by atoms with Gasteiger partial charge in [0.25, 0.3) is 0 Å². The van der Waals surface area contributed by atoms with E-state index in [1.54, 1.807) is 6.92 Å². The second-order valence-corrected chi connectivity index (χ2v) is 2.87. The van der Waals surface area contributed by atoms with Gasteiger partial charge < -0.3 is 5.11 Å². The van der Waals surface area contributed by atoms with Gasteiger partial charge in [-0.2, -0.15) is 0 Å². The monoisotopic (exact) mass is 189 g/mol. The minimum absolute atomic E-state index is 0.244. The zero-order valence-corrected chi connectivity index (χ0v) is 7.19. The number of nitrogens with zero attached hydrogens (tertiary/aromatic N) is 3. The van der Waals surface area contributed by atoms with Crippen LogP contribution in [0.15, 0.2) is 6.20 Å². The Balaban J connectivity index is 2.64. The van der Waals surface area contributed by atoms with Gasteiger partial charge in [0.1, 0.15) is 5.15 Å². The lowest BCUT2D eigenvalue weighted by Crippen LogP contribution is -2.17. The van der Waals surface area contributed by atoms with Crippen molar-refractivity contribution in [2.75, 3.05) is 0 Å². The maximum Gasteiger partial charge on any atom is 0.308 e. The average Bonchev–Trinajstić information content (AvgIpc) is 2.36. The summed E-state index contributed by atoms with van der Waals surface area (Å²) < 4.78 is 1.35. The Morgan fingerprint density at radius 3 is 3.00 bits per heavy atom. The molecule has 1 aromatic heterocycles. The summed E-state index contributed by atoms with van der Waals surface area (Å²) in [5, 5.41) is 16.0. The average molecular weight is 190 g/mol. The maximum atomic E-state index is 10.4. The molecule has 0 saturated heterocycles. The first kappa shape index (κ1) is 8.99. The van der Waals surface area contributed by atoms with E-state index >= 15 is 0 Å². The molecule has 12 heavy (non-hydrogen) atoms. The molecule has 0 radical (unpaired) electrons. The van der Waals surface area contributed by atoms with E-state index in [1.807, 2.05) is 0 Å². The van der Waals surface area contributed by atoms with Gasteiger partial charge in [-0.05, 0) is 0 Å². The molecule has 1 aromatic rings. The van der Waals surface area contributed by atoms with E-state index in [-0.39, 0.29) is 6.54 Å². The molecule has 1 atom stereocenters. The van der Waals surface area contributed by atoms with Gasteiger partial charge in [-0.25, -0.2) is 4.68 Å². The van der Waals surface area contributed by atoms with E-state index < -0.39 is 11.9 Å². The summed E-state index contributed by atoms with van der Waals surface area (Å²) in [6.07, 6.45) is 1.37. The Morgan fingerprint density at radius 2 is 2.58 bits per heavy atom. The molecule has 0 bridgehead atoms. The van der Waals surface area contributed by atoms with Crippen molar-refractivity contribution in [1.29, 1.82) is 0 Å². The Morgan fingerprint density at radius 1 is 1.92 bits per heavy atom. The molecule has 0 saturated carbocycles. The summed E-state index contributed by atoms with van der Waals surface area (Å²) in [6.45, 7) is 1.83. The minimum atomic E-state index is -0.874. The van der Waals surface area contributed by atoms with Crippen molar-refractivity contribution in [3.8, 4) is 0 Å². The summed E-state index contributed by atoms with van der Waals surface area (Å²) >= 11 is 5.63. The number of carboxylic acid groups (broad SMARTS) is 1. The van der Waals surface area contributed by atoms with Crippen LogP contribution >= 0.6 is 11.6 Å². The molecule has 1 heterocycles. The van der Waals surface area contributed by atoms with Crippen LogP contribution in [-0.4, -0.2) is 26.1 Å². The molecule has 1 unspecified atom stereocenters. The van der Waals surface area contributed by atoms with Crippen LogP contribution in [-0.2, 0) is 11.3 Å².